The van der Waals surface area contributed by atoms with E-state index in [9.17, 15) is 8.42 Å². The van der Waals surface area contributed by atoms with Gasteiger partial charge in [0, 0.05) is 12.6 Å². The van der Waals surface area contributed by atoms with Crippen LogP contribution in [0.4, 0.5) is 0 Å². The molecule has 0 aromatic heterocycles. The summed E-state index contributed by atoms with van der Waals surface area (Å²) in [6.07, 6.45) is -0.0972. The van der Waals surface area contributed by atoms with Gasteiger partial charge in [-0.1, -0.05) is 18.2 Å². The topological polar surface area (TPSA) is 115 Å². The van der Waals surface area contributed by atoms with Gasteiger partial charge in [-0.2, -0.15) is 0 Å². The monoisotopic (exact) mass is 420 g/mol. The number of sulfonamides is 1. The van der Waals surface area contributed by atoms with Gasteiger partial charge in [-0.05, 0) is 43.7 Å². The smallest absolute Gasteiger partial charge is 0.238 e. The summed E-state index contributed by atoms with van der Waals surface area (Å²) >= 11 is 0. The number of nitrogens with two attached hydrogens (primary N) is 1. The van der Waals surface area contributed by atoms with Crippen LogP contribution in [-0.4, -0.2) is 40.7 Å². The van der Waals surface area contributed by atoms with E-state index in [1.807, 2.05) is 38.1 Å². The van der Waals surface area contributed by atoms with Crippen molar-refractivity contribution in [2.75, 3.05) is 20.2 Å². The number of ether oxygens (including phenoxy) is 2. The van der Waals surface area contributed by atoms with E-state index in [0.717, 1.165) is 17.1 Å². The number of nitrogens with one attached hydrogen (secondary N) is 2. The van der Waals surface area contributed by atoms with E-state index in [1.54, 1.807) is 19.2 Å². The van der Waals surface area contributed by atoms with Crippen molar-refractivity contribution < 1.29 is 17.9 Å². The molecular weight excluding hydrogens is 392 g/mol. The Bertz CT molecular complexity index is 914. The first-order chi connectivity index (χ1) is 13.8. The highest BCUT2D eigenvalue weighted by Gasteiger charge is 2.08. The summed E-state index contributed by atoms with van der Waals surface area (Å²) in [6, 6.07) is 13.8. The van der Waals surface area contributed by atoms with Crippen molar-refractivity contribution in [3.05, 3.63) is 54.1 Å². The molecule has 9 heteroatoms. The molecule has 0 amide bonds. The summed E-state index contributed by atoms with van der Waals surface area (Å²) in [4.78, 5) is 4.60. The van der Waals surface area contributed by atoms with Crippen LogP contribution in [0.25, 0.3) is 0 Å². The van der Waals surface area contributed by atoms with E-state index in [-0.39, 0.29) is 11.0 Å². The van der Waals surface area contributed by atoms with Crippen molar-refractivity contribution in [2.24, 2.45) is 10.1 Å². The van der Waals surface area contributed by atoms with Crippen molar-refractivity contribution in [1.29, 1.82) is 0 Å². The number of nitrogens with zero attached hydrogens (tertiary/aromatic N) is 1. The lowest BCUT2D eigenvalue weighted by Gasteiger charge is -2.18. The van der Waals surface area contributed by atoms with Crippen LogP contribution in [0, 0.1) is 0 Å². The number of benzene rings is 2. The maximum atomic E-state index is 11.3. The van der Waals surface area contributed by atoms with Crippen LogP contribution < -0.4 is 25.2 Å². The molecule has 0 bridgehead atoms. The van der Waals surface area contributed by atoms with Crippen LogP contribution >= 0.6 is 0 Å². The molecule has 1 unspecified atom stereocenters. The molecule has 2 aromatic carbocycles. The van der Waals surface area contributed by atoms with Crippen molar-refractivity contribution in [3.63, 3.8) is 0 Å². The maximum absolute atomic E-state index is 11.3. The van der Waals surface area contributed by atoms with Crippen molar-refractivity contribution >= 4 is 16.0 Å². The largest absolute Gasteiger partial charge is 0.497 e. The fourth-order valence-corrected chi connectivity index (χ4v) is 3.00. The van der Waals surface area contributed by atoms with Gasteiger partial charge in [0.15, 0.2) is 5.96 Å². The predicted octanol–water partition coefficient (Wildman–Crippen LogP) is 1.87. The zero-order chi connectivity index (χ0) is 21.3. The SMILES string of the molecule is CCNC(=NCc1ccc(S(N)(=O)=O)cc1)NCC(C)Oc1cccc(OC)c1. The molecule has 8 nitrogen and oxygen atoms in total. The maximum Gasteiger partial charge on any atom is 0.238 e. The first-order valence-electron chi connectivity index (χ1n) is 9.26. The number of rotatable bonds is 9. The van der Waals surface area contributed by atoms with Gasteiger partial charge in [0.25, 0.3) is 0 Å². The molecular formula is C20H28N4O4S. The minimum atomic E-state index is -3.69. The van der Waals surface area contributed by atoms with Gasteiger partial charge in [-0.15, -0.1) is 0 Å². The highest BCUT2D eigenvalue weighted by Crippen LogP contribution is 2.19. The molecule has 158 valence electrons. The van der Waals surface area contributed by atoms with Gasteiger partial charge in [-0.3, -0.25) is 0 Å². The molecule has 0 aliphatic rings. The number of guanidine groups is 1. The molecule has 0 heterocycles. The molecule has 2 rings (SSSR count). The zero-order valence-corrected chi connectivity index (χ0v) is 17.7. The van der Waals surface area contributed by atoms with E-state index in [2.05, 4.69) is 15.6 Å². The molecule has 0 fully saturated rings. The standard InChI is InChI=1S/C20H28N4O4S/c1-4-22-20(24-14-16-8-10-19(11-9-16)29(21,25)26)23-13-15(2)28-18-7-5-6-17(12-18)27-3/h5-12,15H,4,13-14H2,1-3H3,(H2,21,25,26)(H2,22,23,24). The molecule has 0 radical (unpaired) electrons. The summed E-state index contributed by atoms with van der Waals surface area (Å²) in [6.45, 7) is 5.59. The van der Waals surface area contributed by atoms with E-state index in [0.29, 0.717) is 25.6 Å². The average molecular weight is 421 g/mol. The molecule has 0 saturated carbocycles. The Morgan fingerprint density at radius 1 is 1.14 bits per heavy atom. The van der Waals surface area contributed by atoms with Crippen LogP contribution in [-0.2, 0) is 16.6 Å². The lowest BCUT2D eigenvalue weighted by atomic mass is 10.2. The average Bonchev–Trinajstić information content (AvgIpc) is 2.70. The number of hydrogen-bond donors (Lipinski definition) is 3. The zero-order valence-electron chi connectivity index (χ0n) is 16.9. The number of hydrogen-bond acceptors (Lipinski definition) is 5. The van der Waals surface area contributed by atoms with Gasteiger partial charge >= 0.3 is 0 Å². The highest BCUT2D eigenvalue weighted by atomic mass is 32.2. The highest BCUT2D eigenvalue weighted by molar-refractivity contribution is 7.89. The lowest BCUT2D eigenvalue weighted by Crippen LogP contribution is -2.41. The van der Waals surface area contributed by atoms with Crippen LogP contribution in [0.2, 0.25) is 0 Å². The molecule has 0 spiro atoms. The van der Waals surface area contributed by atoms with Crippen molar-refractivity contribution in [3.8, 4) is 11.5 Å². The third kappa shape index (κ3) is 7.63. The van der Waals surface area contributed by atoms with Crippen LogP contribution in [0.3, 0.4) is 0 Å². The van der Waals surface area contributed by atoms with Crippen LogP contribution in [0.1, 0.15) is 19.4 Å². The van der Waals surface area contributed by atoms with Gasteiger partial charge in [0.1, 0.15) is 17.6 Å². The first kappa shape index (κ1) is 22.5. The Morgan fingerprint density at radius 2 is 1.83 bits per heavy atom. The van der Waals surface area contributed by atoms with Gasteiger partial charge < -0.3 is 20.1 Å². The van der Waals surface area contributed by atoms with E-state index in [4.69, 9.17) is 14.6 Å². The second-order valence-corrected chi connectivity index (χ2v) is 7.93. The Morgan fingerprint density at radius 3 is 2.45 bits per heavy atom. The Labute approximate surface area is 172 Å². The van der Waals surface area contributed by atoms with E-state index in [1.165, 1.54) is 12.1 Å². The van der Waals surface area contributed by atoms with Gasteiger partial charge in [0.2, 0.25) is 10.0 Å². The van der Waals surface area contributed by atoms with Crippen LogP contribution in [0.15, 0.2) is 58.4 Å². The Hall–Kier alpha value is -2.78. The third-order valence-corrected chi connectivity index (χ3v) is 4.88. The molecule has 4 N–H and O–H groups in total. The number of methoxy groups -OCH3 is 1. The fourth-order valence-electron chi connectivity index (χ4n) is 2.49. The van der Waals surface area contributed by atoms with Crippen molar-refractivity contribution in [1.82, 2.24) is 10.6 Å². The molecule has 2 aromatic rings. The van der Waals surface area contributed by atoms with Crippen molar-refractivity contribution in [2.45, 2.75) is 31.4 Å². The summed E-state index contributed by atoms with van der Waals surface area (Å²) in [5.41, 5.74) is 0.871. The Balaban J connectivity index is 1.92. The fraction of sp³-hybridized carbons (Fsp3) is 0.350. The van der Waals surface area contributed by atoms with Gasteiger partial charge in [-0.25, -0.2) is 18.5 Å². The molecule has 1 atom stereocenters. The quantitative estimate of drug-likeness (QED) is 0.421. The van der Waals surface area contributed by atoms with E-state index >= 15 is 0 Å². The lowest BCUT2D eigenvalue weighted by molar-refractivity contribution is 0.223. The Kier molecular flexibility index (Phi) is 8.29. The number of primary sulfonamides is 1. The summed E-state index contributed by atoms with van der Waals surface area (Å²) in [5.74, 6) is 2.12. The summed E-state index contributed by atoms with van der Waals surface area (Å²) < 4.78 is 33.7. The van der Waals surface area contributed by atoms with Gasteiger partial charge in [0.05, 0.1) is 25.1 Å². The molecule has 0 saturated heterocycles. The minimum absolute atomic E-state index is 0.0822. The second kappa shape index (κ2) is 10.7. The number of aliphatic imine (C=N–C) groups is 1. The molecule has 29 heavy (non-hydrogen) atoms. The summed E-state index contributed by atoms with van der Waals surface area (Å²) in [7, 11) is -2.07. The first-order valence-corrected chi connectivity index (χ1v) is 10.8. The predicted molar refractivity (Wildman–Crippen MR) is 114 cm³/mol. The van der Waals surface area contributed by atoms with E-state index < -0.39 is 10.0 Å². The summed E-state index contributed by atoms with van der Waals surface area (Å²) in [5, 5.41) is 11.5. The second-order valence-electron chi connectivity index (χ2n) is 6.37. The normalized spacial score (nSPS) is 12.9. The third-order valence-electron chi connectivity index (χ3n) is 3.95. The minimum Gasteiger partial charge on any atom is -0.497 e. The molecule has 0 aliphatic heterocycles. The van der Waals surface area contributed by atoms with Crippen LogP contribution in [0.5, 0.6) is 11.5 Å². The molecule has 0 aliphatic carbocycles.